The van der Waals surface area contributed by atoms with Crippen molar-refractivity contribution < 1.29 is 9.47 Å². The number of anilines is 1. The summed E-state index contributed by atoms with van der Waals surface area (Å²) in [5.41, 5.74) is 1.98. The molecule has 0 amide bonds. The number of rotatable bonds is 7. The molecule has 0 radical (unpaired) electrons. The molecule has 0 saturated heterocycles. The summed E-state index contributed by atoms with van der Waals surface area (Å²) in [7, 11) is 1.64. The largest absolute Gasteiger partial charge is 0.495 e. The van der Waals surface area contributed by atoms with Gasteiger partial charge in [-0.25, -0.2) is 0 Å². The van der Waals surface area contributed by atoms with Crippen LogP contribution in [0, 0.1) is 12.8 Å². The van der Waals surface area contributed by atoms with E-state index in [2.05, 4.69) is 19.2 Å². The average molecular weight is 272 g/mol. The molecule has 1 N–H and O–H groups in total. The van der Waals surface area contributed by atoms with Gasteiger partial charge >= 0.3 is 0 Å². The van der Waals surface area contributed by atoms with E-state index in [9.17, 15) is 0 Å². The molecular weight excluding hydrogens is 250 g/mol. The summed E-state index contributed by atoms with van der Waals surface area (Å²) in [6, 6.07) is 3.82. The molecule has 0 fully saturated rings. The van der Waals surface area contributed by atoms with Crippen LogP contribution in [-0.4, -0.2) is 26.9 Å². The third-order valence-corrected chi connectivity index (χ3v) is 2.90. The van der Waals surface area contributed by atoms with Crippen molar-refractivity contribution in [3.8, 4) is 5.75 Å². The molecule has 18 heavy (non-hydrogen) atoms. The van der Waals surface area contributed by atoms with Crippen LogP contribution in [0.1, 0.15) is 19.4 Å². The van der Waals surface area contributed by atoms with Crippen LogP contribution in [0.3, 0.4) is 0 Å². The van der Waals surface area contributed by atoms with Crippen LogP contribution in [0.15, 0.2) is 12.1 Å². The molecule has 102 valence electrons. The molecule has 0 spiro atoms. The Hall–Kier alpha value is -0.930. The third-order valence-electron chi connectivity index (χ3n) is 2.49. The smallest absolute Gasteiger partial charge is 0.143 e. The number of hydrogen-bond acceptors (Lipinski definition) is 3. The summed E-state index contributed by atoms with van der Waals surface area (Å²) in [5.74, 6) is 1.33. The zero-order valence-electron chi connectivity index (χ0n) is 11.5. The summed E-state index contributed by atoms with van der Waals surface area (Å²) >= 11 is 6.05. The van der Waals surface area contributed by atoms with E-state index in [0.717, 1.165) is 30.2 Å². The highest BCUT2D eigenvalue weighted by Gasteiger charge is 2.06. The van der Waals surface area contributed by atoms with Gasteiger partial charge in [0.1, 0.15) is 5.75 Å². The Morgan fingerprint density at radius 3 is 2.67 bits per heavy atom. The molecule has 0 atom stereocenters. The highest BCUT2D eigenvalue weighted by atomic mass is 35.5. The van der Waals surface area contributed by atoms with Gasteiger partial charge in [0.05, 0.1) is 19.4 Å². The summed E-state index contributed by atoms with van der Waals surface area (Å²) in [4.78, 5) is 0. The van der Waals surface area contributed by atoms with Crippen LogP contribution in [0.2, 0.25) is 5.02 Å². The summed E-state index contributed by atoms with van der Waals surface area (Å²) < 4.78 is 10.8. The van der Waals surface area contributed by atoms with Crippen molar-refractivity contribution in [1.82, 2.24) is 0 Å². The number of halogens is 1. The van der Waals surface area contributed by atoms with E-state index in [-0.39, 0.29) is 0 Å². The fourth-order valence-corrected chi connectivity index (χ4v) is 1.70. The molecule has 4 heteroatoms. The van der Waals surface area contributed by atoms with E-state index < -0.39 is 0 Å². The monoisotopic (exact) mass is 271 g/mol. The second kappa shape index (κ2) is 7.49. The summed E-state index contributed by atoms with van der Waals surface area (Å²) in [6.07, 6.45) is 0. The Bertz CT molecular complexity index is 380. The maximum Gasteiger partial charge on any atom is 0.143 e. The Kier molecular flexibility index (Phi) is 6.30. The van der Waals surface area contributed by atoms with Gasteiger partial charge in [0, 0.05) is 24.2 Å². The van der Waals surface area contributed by atoms with Crippen molar-refractivity contribution in [2.75, 3.05) is 32.2 Å². The maximum absolute atomic E-state index is 6.05. The van der Waals surface area contributed by atoms with E-state index in [0.29, 0.717) is 17.5 Å². The van der Waals surface area contributed by atoms with E-state index in [1.807, 2.05) is 19.1 Å². The van der Waals surface area contributed by atoms with Crippen molar-refractivity contribution in [2.45, 2.75) is 20.8 Å². The molecule has 0 aliphatic rings. The maximum atomic E-state index is 6.05. The number of benzene rings is 1. The quantitative estimate of drug-likeness (QED) is 0.767. The molecule has 1 aromatic carbocycles. The third kappa shape index (κ3) is 4.75. The zero-order valence-corrected chi connectivity index (χ0v) is 12.3. The lowest BCUT2D eigenvalue weighted by molar-refractivity contribution is 0.118. The molecule has 0 unspecified atom stereocenters. The van der Waals surface area contributed by atoms with Gasteiger partial charge in [-0.1, -0.05) is 25.4 Å². The number of aryl methyl sites for hydroxylation is 1. The molecule has 0 aliphatic carbocycles. The first kappa shape index (κ1) is 15.1. The second-order valence-corrected chi connectivity index (χ2v) is 5.10. The lowest BCUT2D eigenvalue weighted by atomic mass is 10.2. The number of nitrogens with one attached hydrogen (secondary N) is 1. The van der Waals surface area contributed by atoms with Crippen molar-refractivity contribution in [3.63, 3.8) is 0 Å². The SMILES string of the molecule is COc1cc(Cl)c(C)cc1NCCOCC(C)C. The van der Waals surface area contributed by atoms with Gasteiger partial charge in [0.25, 0.3) is 0 Å². The van der Waals surface area contributed by atoms with Gasteiger partial charge in [0.15, 0.2) is 0 Å². The lowest BCUT2D eigenvalue weighted by Gasteiger charge is -2.13. The van der Waals surface area contributed by atoms with Gasteiger partial charge in [-0.3, -0.25) is 0 Å². The molecule has 1 rings (SSSR count). The number of methoxy groups -OCH3 is 1. The summed E-state index contributed by atoms with van der Waals surface area (Å²) in [6.45, 7) is 8.48. The van der Waals surface area contributed by atoms with E-state index in [4.69, 9.17) is 21.1 Å². The van der Waals surface area contributed by atoms with Crippen molar-refractivity contribution in [1.29, 1.82) is 0 Å². The van der Waals surface area contributed by atoms with Gasteiger partial charge in [-0.05, 0) is 24.5 Å². The molecule has 3 nitrogen and oxygen atoms in total. The molecule has 0 aliphatic heterocycles. The van der Waals surface area contributed by atoms with Crippen molar-refractivity contribution >= 4 is 17.3 Å². The minimum atomic E-state index is 0.567. The lowest BCUT2D eigenvalue weighted by Crippen LogP contribution is -2.12. The Morgan fingerprint density at radius 2 is 2.06 bits per heavy atom. The minimum absolute atomic E-state index is 0.567. The first-order valence-electron chi connectivity index (χ1n) is 6.20. The van der Waals surface area contributed by atoms with E-state index in [1.54, 1.807) is 7.11 Å². The van der Waals surface area contributed by atoms with Gasteiger partial charge < -0.3 is 14.8 Å². The standard InChI is InChI=1S/C14H22ClNO2/c1-10(2)9-18-6-5-16-13-7-11(3)12(15)8-14(13)17-4/h7-8,10,16H,5-6,9H2,1-4H3. The van der Waals surface area contributed by atoms with Gasteiger partial charge in [-0.2, -0.15) is 0 Å². The highest BCUT2D eigenvalue weighted by molar-refractivity contribution is 6.31. The van der Waals surface area contributed by atoms with E-state index >= 15 is 0 Å². The average Bonchev–Trinajstić information content (AvgIpc) is 2.32. The van der Waals surface area contributed by atoms with Gasteiger partial charge in [-0.15, -0.1) is 0 Å². The summed E-state index contributed by atoms with van der Waals surface area (Å²) in [5, 5.41) is 4.01. The van der Waals surface area contributed by atoms with Crippen LogP contribution >= 0.6 is 11.6 Å². The van der Waals surface area contributed by atoms with Crippen molar-refractivity contribution in [3.05, 3.63) is 22.7 Å². The zero-order chi connectivity index (χ0) is 13.5. The highest BCUT2D eigenvalue weighted by Crippen LogP contribution is 2.30. The fraction of sp³-hybridized carbons (Fsp3) is 0.571. The first-order chi connectivity index (χ1) is 8.54. The second-order valence-electron chi connectivity index (χ2n) is 4.70. The van der Waals surface area contributed by atoms with Crippen LogP contribution < -0.4 is 10.1 Å². The first-order valence-corrected chi connectivity index (χ1v) is 6.58. The molecule has 1 aromatic rings. The topological polar surface area (TPSA) is 30.5 Å². The predicted octanol–water partition coefficient (Wildman–Crippen LogP) is 3.74. The molecule has 0 heterocycles. The van der Waals surface area contributed by atoms with E-state index in [1.165, 1.54) is 0 Å². The molecule has 0 bridgehead atoms. The molecule has 0 aromatic heterocycles. The van der Waals surface area contributed by atoms with Crippen LogP contribution in [-0.2, 0) is 4.74 Å². The normalized spacial score (nSPS) is 10.8. The number of ether oxygens (including phenoxy) is 2. The number of hydrogen-bond donors (Lipinski definition) is 1. The minimum Gasteiger partial charge on any atom is -0.495 e. The van der Waals surface area contributed by atoms with Crippen LogP contribution in [0.25, 0.3) is 0 Å². The Morgan fingerprint density at radius 1 is 1.33 bits per heavy atom. The molecular formula is C14H22ClNO2. The van der Waals surface area contributed by atoms with Crippen LogP contribution in [0.5, 0.6) is 5.75 Å². The fourth-order valence-electron chi connectivity index (χ4n) is 1.55. The van der Waals surface area contributed by atoms with Gasteiger partial charge in [0.2, 0.25) is 0 Å². The van der Waals surface area contributed by atoms with Crippen molar-refractivity contribution in [2.24, 2.45) is 5.92 Å². The Labute approximate surface area is 114 Å². The van der Waals surface area contributed by atoms with Crippen LogP contribution in [0.4, 0.5) is 5.69 Å². The Balaban J connectivity index is 2.48. The molecule has 0 saturated carbocycles. The predicted molar refractivity (Wildman–Crippen MR) is 76.9 cm³/mol.